The number of rotatable bonds is 3. The van der Waals surface area contributed by atoms with Crippen molar-refractivity contribution in [3.8, 4) is 0 Å². The van der Waals surface area contributed by atoms with E-state index >= 15 is 0 Å². The lowest BCUT2D eigenvalue weighted by Crippen LogP contribution is -2.53. The molecular formula is C12H26ClN3O2S. The first kappa shape index (κ1) is 17.2. The Morgan fingerprint density at radius 3 is 2.11 bits per heavy atom. The molecule has 2 fully saturated rings. The molecule has 7 heteroatoms. The molecule has 0 amide bonds. The van der Waals surface area contributed by atoms with E-state index in [9.17, 15) is 8.42 Å². The molecule has 5 nitrogen and oxygen atoms in total. The van der Waals surface area contributed by atoms with Crippen LogP contribution in [0.5, 0.6) is 0 Å². The fraction of sp³-hybridized carbons (Fsp3) is 1.00. The zero-order chi connectivity index (χ0) is 13.0. The third-order valence-corrected chi connectivity index (χ3v) is 6.12. The molecule has 1 unspecified atom stereocenters. The molecule has 1 atom stereocenters. The van der Waals surface area contributed by atoms with Gasteiger partial charge in [-0.2, -0.15) is 17.0 Å². The molecule has 2 rings (SSSR count). The number of nitrogens with zero attached hydrogens (tertiary/aromatic N) is 2. The molecule has 0 saturated carbocycles. The van der Waals surface area contributed by atoms with Gasteiger partial charge >= 0.3 is 0 Å². The summed E-state index contributed by atoms with van der Waals surface area (Å²) in [5, 5.41) is 0. The molecule has 2 aliphatic rings. The lowest BCUT2D eigenvalue weighted by molar-refractivity contribution is 0.236. The number of hydrogen-bond acceptors (Lipinski definition) is 3. The Morgan fingerprint density at radius 1 is 0.947 bits per heavy atom. The molecule has 114 valence electrons. The zero-order valence-corrected chi connectivity index (χ0v) is 13.1. The van der Waals surface area contributed by atoms with Gasteiger partial charge in [-0.15, -0.1) is 12.4 Å². The van der Waals surface area contributed by atoms with Gasteiger partial charge in [-0.05, 0) is 25.7 Å². The summed E-state index contributed by atoms with van der Waals surface area (Å²) in [5.41, 5.74) is 5.73. The highest BCUT2D eigenvalue weighted by Gasteiger charge is 2.35. The van der Waals surface area contributed by atoms with Gasteiger partial charge in [0.1, 0.15) is 0 Å². The van der Waals surface area contributed by atoms with Crippen molar-refractivity contribution in [1.82, 2.24) is 8.61 Å². The average molecular weight is 312 g/mol. The minimum atomic E-state index is -3.28. The predicted octanol–water partition coefficient (Wildman–Crippen LogP) is 1.34. The van der Waals surface area contributed by atoms with E-state index in [-0.39, 0.29) is 18.4 Å². The summed E-state index contributed by atoms with van der Waals surface area (Å²) >= 11 is 0. The minimum Gasteiger partial charge on any atom is -0.329 e. The molecule has 0 radical (unpaired) electrons. The van der Waals surface area contributed by atoms with Crippen molar-refractivity contribution in [2.75, 3.05) is 26.2 Å². The number of halogens is 1. The van der Waals surface area contributed by atoms with Crippen LogP contribution in [0.4, 0.5) is 0 Å². The Bertz CT molecular complexity index is 356. The van der Waals surface area contributed by atoms with Gasteiger partial charge in [0.25, 0.3) is 10.2 Å². The van der Waals surface area contributed by atoms with Crippen LogP contribution in [0, 0.1) is 0 Å². The first-order valence-corrected chi connectivity index (χ1v) is 8.53. The Hall–Kier alpha value is 0.120. The number of hydrogen-bond donors (Lipinski definition) is 1. The van der Waals surface area contributed by atoms with E-state index in [1.165, 1.54) is 0 Å². The van der Waals surface area contributed by atoms with Gasteiger partial charge in [-0.25, -0.2) is 0 Å². The van der Waals surface area contributed by atoms with Crippen LogP contribution in [0.15, 0.2) is 0 Å². The summed E-state index contributed by atoms with van der Waals surface area (Å²) in [6.45, 7) is 2.43. The van der Waals surface area contributed by atoms with Crippen LogP contribution < -0.4 is 5.73 Å². The normalized spacial score (nSPS) is 27.5. The second kappa shape index (κ2) is 7.78. The molecule has 19 heavy (non-hydrogen) atoms. The first-order chi connectivity index (χ1) is 8.66. The summed E-state index contributed by atoms with van der Waals surface area (Å²) < 4.78 is 28.6. The lowest BCUT2D eigenvalue weighted by atomic mass is 10.1. The van der Waals surface area contributed by atoms with Gasteiger partial charge in [0.15, 0.2) is 0 Å². The molecule has 0 aromatic heterocycles. The maximum Gasteiger partial charge on any atom is 0.282 e. The standard InChI is InChI=1S/C12H25N3O2S.ClH/c13-11-12-7-3-6-10-15(12)18(16,17)14-8-4-1-2-5-9-14;/h12H,1-11,13H2;1H. The largest absolute Gasteiger partial charge is 0.329 e. The molecule has 2 aliphatic heterocycles. The summed E-state index contributed by atoms with van der Waals surface area (Å²) in [5.74, 6) is 0. The fourth-order valence-corrected chi connectivity index (χ4v) is 4.88. The fourth-order valence-electron chi connectivity index (χ4n) is 2.93. The van der Waals surface area contributed by atoms with Crippen molar-refractivity contribution in [2.24, 2.45) is 5.73 Å². The second-order valence-electron chi connectivity index (χ2n) is 5.32. The molecule has 0 bridgehead atoms. The lowest BCUT2D eigenvalue weighted by Gasteiger charge is -2.37. The molecule has 0 spiro atoms. The van der Waals surface area contributed by atoms with E-state index in [4.69, 9.17) is 5.73 Å². The van der Waals surface area contributed by atoms with E-state index in [2.05, 4.69) is 0 Å². The van der Waals surface area contributed by atoms with Crippen molar-refractivity contribution < 1.29 is 8.42 Å². The van der Waals surface area contributed by atoms with Gasteiger partial charge in [-0.1, -0.05) is 19.3 Å². The van der Waals surface area contributed by atoms with Gasteiger partial charge in [0.2, 0.25) is 0 Å². The molecule has 2 heterocycles. The summed E-state index contributed by atoms with van der Waals surface area (Å²) in [4.78, 5) is 0. The maximum atomic E-state index is 12.7. The van der Waals surface area contributed by atoms with Crippen LogP contribution in [-0.2, 0) is 10.2 Å². The van der Waals surface area contributed by atoms with E-state index in [1.54, 1.807) is 8.61 Å². The third-order valence-electron chi connectivity index (χ3n) is 4.03. The van der Waals surface area contributed by atoms with Crippen LogP contribution in [0.25, 0.3) is 0 Å². The molecule has 0 aliphatic carbocycles. The van der Waals surface area contributed by atoms with Gasteiger partial charge in [0.05, 0.1) is 0 Å². The van der Waals surface area contributed by atoms with Gasteiger partial charge in [0, 0.05) is 32.2 Å². The SMILES string of the molecule is Cl.NCC1CCCCN1S(=O)(=O)N1CCCCCC1. The van der Waals surface area contributed by atoms with E-state index in [0.29, 0.717) is 26.2 Å². The summed E-state index contributed by atoms with van der Waals surface area (Å²) in [7, 11) is -3.28. The monoisotopic (exact) mass is 311 g/mol. The topological polar surface area (TPSA) is 66.6 Å². The predicted molar refractivity (Wildman–Crippen MR) is 79.6 cm³/mol. The first-order valence-electron chi connectivity index (χ1n) is 7.13. The van der Waals surface area contributed by atoms with Crippen LogP contribution >= 0.6 is 12.4 Å². The summed E-state index contributed by atoms with van der Waals surface area (Å²) in [6.07, 6.45) is 7.22. The highest BCUT2D eigenvalue weighted by atomic mass is 35.5. The Balaban J connectivity index is 0.00000180. The van der Waals surface area contributed by atoms with Crippen LogP contribution in [0.3, 0.4) is 0 Å². The number of piperidine rings is 1. The van der Waals surface area contributed by atoms with E-state index in [1.807, 2.05) is 0 Å². The number of nitrogens with two attached hydrogens (primary N) is 1. The van der Waals surface area contributed by atoms with Gasteiger partial charge < -0.3 is 5.73 Å². The van der Waals surface area contributed by atoms with Crippen LogP contribution in [-0.4, -0.2) is 49.2 Å². The van der Waals surface area contributed by atoms with Crippen molar-refractivity contribution in [1.29, 1.82) is 0 Å². The molecule has 0 aromatic carbocycles. The molecule has 0 aromatic rings. The quantitative estimate of drug-likeness (QED) is 0.855. The summed E-state index contributed by atoms with van der Waals surface area (Å²) in [6, 6.07) is 0.00648. The van der Waals surface area contributed by atoms with Crippen molar-refractivity contribution in [3.63, 3.8) is 0 Å². The smallest absolute Gasteiger partial charge is 0.282 e. The third kappa shape index (κ3) is 4.04. The average Bonchev–Trinajstić information content (AvgIpc) is 2.68. The zero-order valence-electron chi connectivity index (χ0n) is 11.5. The van der Waals surface area contributed by atoms with E-state index < -0.39 is 10.2 Å². The van der Waals surface area contributed by atoms with Gasteiger partial charge in [-0.3, -0.25) is 0 Å². The van der Waals surface area contributed by atoms with Crippen molar-refractivity contribution >= 4 is 22.6 Å². The Morgan fingerprint density at radius 2 is 1.53 bits per heavy atom. The van der Waals surface area contributed by atoms with Crippen molar-refractivity contribution in [3.05, 3.63) is 0 Å². The van der Waals surface area contributed by atoms with Crippen LogP contribution in [0.1, 0.15) is 44.9 Å². The van der Waals surface area contributed by atoms with E-state index in [0.717, 1.165) is 44.9 Å². The Labute approximate surface area is 123 Å². The van der Waals surface area contributed by atoms with Crippen molar-refractivity contribution in [2.45, 2.75) is 51.0 Å². The molecule has 2 N–H and O–H groups in total. The maximum absolute atomic E-state index is 12.7. The Kier molecular flexibility index (Phi) is 7.04. The van der Waals surface area contributed by atoms with Crippen LogP contribution in [0.2, 0.25) is 0 Å². The minimum absolute atomic E-state index is 0. The molecule has 2 saturated heterocycles. The highest BCUT2D eigenvalue weighted by molar-refractivity contribution is 7.86. The highest BCUT2D eigenvalue weighted by Crippen LogP contribution is 2.24. The molecular weight excluding hydrogens is 286 g/mol. The second-order valence-corrected chi connectivity index (χ2v) is 7.20.